The molecule has 2 aromatic rings. The molecule has 0 bridgehead atoms. The molecule has 0 radical (unpaired) electrons. The molecule has 3 rings (SSSR count). The van der Waals surface area contributed by atoms with Crippen molar-refractivity contribution in [2.24, 2.45) is 5.18 Å². The van der Waals surface area contributed by atoms with Gasteiger partial charge in [-0.1, -0.05) is 30.4 Å². The van der Waals surface area contributed by atoms with Crippen molar-refractivity contribution >= 4 is 23.4 Å². The van der Waals surface area contributed by atoms with Crippen LogP contribution in [0.5, 0.6) is 11.5 Å². The summed E-state index contributed by atoms with van der Waals surface area (Å²) in [6, 6.07) is 12.5. The molecule has 30 heavy (non-hydrogen) atoms. The van der Waals surface area contributed by atoms with E-state index in [0.717, 1.165) is 36.3 Å². The van der Waals surface area contributed by atoms with Crippen molar-refractivity contribution in [1.29, 1.82) is 5.26 Å². The molecule has 0 unspecified atom stereocenters. The fourth-order valence-electron chi connectivity index (χ4n) is 3.26. The van der Waals surface area contributed by atoms with Gasteiger partial charge in [0, 0.05) is 29.2 Å². The summed E-state index contributed by atoms with van der Waals surface area (Å²) in [6.45, 7) is 0.817. The lowest BCUT2D eigenvalue weighted by Gasteiger charge is -2.31. The van der Waals surface area contributed by atoms with Crippen LogP contribution in [0.25, 0.3) is 6.08 Å². The van der Waals surface area contributed by atoms with Crippen molar-refractivity contribution < 1.29 is 15.0 Å². The summed E-state index contributed by atoms with van der Waals surface area (Å²) in [5.74, 6) is -1.38. The number of hydrogen-bond acceptors (Lipinski definition) is 6. The molecule has 0 fully saturated rings. The molecule has 1 amide bonds. The first-order valence-corrected chi connectivity index (χ1v) is 9.28. The summed E-state index contributed by atoms with van der Waals surface area (Å²) in [4.78, 5) is 23.4. The van der Waals surface area contributed by atoms with Crippen LogP contribution in [0.1, 0.15) is 17.5 Å². The number of amides is 1. The van der Waals surface area contributed by atoms with Gasteiger partial charge in [0.2, 0.25) is 0 Å². The highest BCUT2D eigenvalue weighted by atomic mass is 16.3. The van der Waals surface area contributed by atoms with Crippen LogP contribution >= 0.6 is 0 Å². The molecular weight excluding hydrogens is 382 g/mol. The van der Waals surface area contributed by atoms with Crippen LogP contribution < -0.4 is 4.90 Å². The Hall–Kier alpha value is -4.18. The van der Waals surface area contributed by atoms with E-state index in [2.05, 4.69) is 16.1 Å². The number of nitriles is 1. The third kappa shape index (κ3) is 4.62. The van der Waals surface area contributed by atoms with Crippen molar-refractivity contribution in [1.82, 2.24) is 0 Å². The van der Waals surface area contributed by atoms with Gasteiger partial charge in [0.15, 0.2) is 11.5 Å². The number of nitroso groups, excluding NO2 is 1. The Morgan fingerprint density at radius 3 is 2.67 bits per heavy atom. The summed E-state index contributed by atoms with van der Waals surface area (Å²) >= 11 is 0. The van der Waals surface area contributed by atoms with Gasteiger partial charge >= 0.3 is 5.91 Å². The number of phenolic OH excluding ortho intramolecular Hbond substituents is 2. The zero-order valence-corrected chi connectivity index (χ0v) is 16.0. The highest BCUT2D eigenvalue weighted by molar-refractivity contribution is 5.98. The Labute approximate surface area is 173 Å². The number of carbonyl (C=O) groups is 1. The van der Waals surface area contributed by atoms with Crippen LogP contribution in [-0.4, -0.2) is 22.7 Å². The molecule has 0 spiro atoms. The van der Waals surface area contributed by atoms with E-state index < -0.39 is 5.91 Å². The van der Waals surface area contributed by atoms with Gasteiger partial charge in [-0.3, -0.25) is 4.79 Å². The standard InChI is InChI=1S/C23H19N3O4/c24-15-18(23(29)25-30)6-3-1-2-5-16-8-10-20-17(13-16)7-4-12-26(20)19-9-11-21(27)22(28)14-19/h1-3,5-6,8-11,13-14,27-28H,4,7,12H2/b3-1+,5-2+,18-6+. The van der Waals surface area contributed by atoms with Crippen LogP contribution in [0, 0.1) is 16.2 Å². The molecule has 0 aliphatic carbocycles. The Bertz CT molecular complexity index is 1110. The summed E-state index contributed by atoms with van der Waals surface area (Å²) in [6.07, 6.45) is 9.94. The largest absolute Gasteiger partial charge is 0.504 e. The Morgan fingerprint density at radius 1 is 1.10 bits per heavy atom. The third-order valence-electron chi connectivity index (χ3n) is 4.70. The summed E-state index contributed by atoms with van der Waals surface area (Å²) in [5.41, 5.74) is 3.72. The Morgan fingerprint density at radius 2 is 1.93 bits per heavy atom. The van der Waals surface area contributed by atoms with Gasteiger partial charge in [0.25, 0.3) is 0 Å². The molecule has 2 N–H and O–H groups in total. The van der Waals surface area contributed by atoms with E-state index in [9.17, 15) is 19.9 Å². The van der Waals surface area contributed by atoms with Crippen LogP contribution in [-0.2, 0) is 11.2 Å². The van der Waals surface area contributed by atoms with Gasteiger partial charge in [-0.05, 0) is 54.3 Å². The van der Waals surface area contributed by atoms with Crippen molar-refractivity contribution in [3.05, 3.63) is 82.3 Å². The minimum absolute atomic E-state index is 0.145. The number of allylic oxidation sites excluding steroid dienone is 4. The number of carbonyl (C=O) groups excluding carboxylic acids is 1. The van der Waals surface area contributed by atoms with E-state index in [0.29, 0.717) is 0 Å². The lowest BCUT2D eigenvalue weighted by molar-refractivity contribution is -0.114. The molecule has 1 aliphatic heterocycles. The van der Waals surface area contributed by atoms with Crippen molar-refractivity contribution in [3.8, 4) is 17.6 Å². The average Bonchev–Trinajstić information content (AvgIpc) is 2.77. The average molecular weight is 401 g/mol. The zero-order chi connectivity index (χ0) is 21.5. The number of phenols is 2. The smallest absolute Gasteiger partial charge is 0.327 e. The molecule has 0 saturated heterocycles. The number of nitrogens with zero attached hydrogens (tertiary/aromatic N) is 3. The van der Waals surface area contributed by atoms with Gasteiger partial charge in [0.1, 0.15) is 11.6 Å². The van der Waals surface area contributed by atoms with Crippen LogP contribution in [0.4, 0.5) is 11.4 Å². The maximum absolute atomic E-state index is 11.1. The summed E-state index contributed by atoms with van der Waals surface area (Å²) < 4.78 is 0. The fourth-order valence-corrected chi connectivity index (χ4v) is 3.26. The lowest BCUT2D eigenvalue weighted by atomic mass is 9.98. The number of fused-ring (bicyclic) bond motifs is 1. The Kier molecular flexibility index (Phi) is 6.40. The SMILES string of the molecule is N#C\C(=C/C=C/C=C/c1ccc2c(c1)CCCN2c1ccc(O)c(O)c1)C(=O)N=O. The van der Waals surface area contributed by atoms with Crippen LogP contribution in [0.15, 0.2) is 71.5 Å². The van der Waals surface area contributed by atoms with Crippen molar-refractivity contribution in [2.75, 3.05) is 11.4 Å². The highest BCUT2D eigenvalue weighted by Gasteiger charge is 2.19. The normalized spacial score (nSPS) is 14.0. The van der Waals surface area contributed by atoms with Crippen LogP contribution in [0.3, 0.4) is 0 Å². The van der Waals surface area contributed by atoms with Gasteiger partial charge in [-0.15, -0.1) is 4.91 Å². The predicted molar refractivity (Wildman–Crippen MR) is 114 cm³/mol. The second-order valence-corrected chi connectivity index (χ2v) is 6.65. The van der Waals surface area contributed by atoms with Gasteiger partial charge in [-0.2, -0.15) is 5.26 Å². The molecule has 0 atom stereocenters. The molecule has 1 heterocycles. The molecule has 7 nitrogen and oxygen atoms in total. The molecule has 0 saturated carbocycles. The van der Waals surface area contributed by atoms with Crippen LogP contribution in [0.2, 0.25) is 0 Å². The highest BCUT2D eigenvalue weighted by Crippen LogP contribution is 2.37. The van der Waals surface area contributed by atoms with E-state index in [1.807, 2.05) is 18.2 Å². The molecule has 1 aliphatic rings. The van der Waals surface area contributed by atoms with Crippen molar-refractivity contribution in [2.45, 2.75) is 12.8 Å². The molecular formula is C23H19N3O4. The van der Waals surface area contributed by atoms with E-state index >= 15 is 0 Å². The first-order chi connectivity index (χ1) is 14.5. The summed E-state index contributed by atoms with van der Waals surface area (Å²) in [7, 11) is 0. The summed E-state index contributed by atoms with van der Waals surface area (Å²) in [5, 5.41) is 30.4. The number of benzene rings is 2. The monoisotopic (exact) mass is 401 g/mol. The maximum Gasteiger partial charge on any atom is 0.327 e. The Balaban J connectivity index is 1.77. The number of aromatic hydroxyl groups is 2. The number of aryl methyl sites for hydroxylation is 1. The van der Waals surface area contributed by atoms with E-state index in [1.165, 1.54) is 23.8 Å². The molecule has 150 valence electrons. The first-order valence-electron chi connectivity index (χ1n) is 9.28. The zero-order valence-electron chi connectivity index (χ0n) is 16.0. The van der Waals surface area contributed by atoms with Crippen molar-refractivity contribution in [3.63, 3.8) is 0 Å². The fraction of sp³-hybridized carbons (Fsp3) is 0.130. The number of hydrogen-bond donors (Lipinski definition) is 2. The van der Waals surface area contributed by atoms with Gasteiger partial charge in [0.05, 0.1) is 0 Å². The quantitative estimate of drug-likeness (QED) is 0.251. The first kappa shape index (κ1) is 20.6. The molecule has 2 aromatic carbocycles. The predicted octanol–water partition coefficient (Wildman–Crippen LogP) is 4.49. The maximum atomic E-state index is 11.1. The van der Waals surface area contributed by atoms with E-state index in [-0.39, 0.29) is 17.1 Å². The third-order valence-corrected chi connectivity index (χ3v) is 4.70. The van der Waals surface area contributed by atoms with Gasteiger partial charge < -0.3 is 15.1 Å². The molecule has 7 heteroatoms. The number of rotatable bonds is 5. The topological polar surface area (TPSA) is 114 Å². The second-order valence-electron chi connectivity index (χ2n) is 6.65. The van der Waals surface area contributed by atoms with E-state index in [4.69, 9.17) is 5.26 Å². The number of anilines is 2. The minimum atomic E-state index is -1.09. The van der Waals surface area contributed by atoms with Gasteiger partial charge in [-0.25, -0.2) is 0 Å². The molecule has 0 aromatic heterocycles. The van der Waals surface area contributed by atoms with E-state index in [1.54, 1.807) is 30.4 Å². The minimum Gasteiger partial charge on any atom is -0.504 e. The second kappa shape index (κ2) is 9.34. The lowest BCUT2D eigenvalue weighted by Crippen LogP contribution is -2.24.